The molecule has 0 aliphatic carbocycles. The second kappa shape index (κ2) is 9.26. The molecule has 0 fully saturated rings. The van der Waals surface area contributed by atoms with Gasteiger partial charge < -0.3 is 10.6 Å². The van der Waals surface area contributed by atoms with Crippen LogP contribution in [0.4, 0.5) is 13.2 Å². The third kappa shape index (κ3) is 5.47. The molecule has 154 valence electrons. The third-order valence-electron chi connectivity index (χ3n) is 4.42. The summed E-state index contributed by atoms with van der Waals surface area (Å²) in [5.74, 6) is -0.788. The van der Waals surface area contributed by atoms with Gasteiger partial charge in [0.05, 0.1) is 5.56 Å². The maximum absolute atomic E-state index is 12.6. The SMILES string of the molecule is O=C(NCCNC(=O)c1ccc(C(F)(F)F)cc1)c1ccc(-c2ccccc2)cc1. The lowest BCUT2D eigenvalue weighted by atomic mass is 10.0. The van der Waals surface area contributed by atoms with Crippen molar-refractivity contribution in [1.82, 2.24) is 10.6 Å². The van der Waals surface area contributed by atoms with E-state index in [9.17, 15) is 22.8 Å². The third-order valence-corrected chi connectivity index (χ3v) is 4.42. The first-order chi connectivity index (χ1) is 14.3. The smallest absolute Gasteiger partial charge is 0.350 e. The molecule has 0 aromatic heterocycles. The minimum absolute atomic E-state index is 0.117. The molecule has 3 aromatic carbocycles. The van der Waals surface area contributed by atoms with E-state index in [2.05, 4.69) is 10.6 Å². The molecule has 0 aliphatic rings. The molecule has 7 heteroatoms. The molecule has 0 saturated heterocycles. The lowest BCUT2D eigenvalue weighted by Gasteiger charge is -2.09. The number of carbonyl (C=O) groups is 2. The highest BCUT2D eigenvalue weighted by Gasteiger charge is 2.30. The Morgan fingerprint density at radius 2 is 1.07 bits per heavy atom. The van der Waals surface area contributed by atoms with Gasteiger partial charge in [0, 0.05) is 24.2 Å². The average molecular weight is 412 g/mol. The molecule has 2 amide bonds. The van der Waals surface area contributed by atoms with Crippen LogP contribution in [0.5, 0.6) is 0 Å². The van der Waals surface area contributed by atoms with Gasteiger partial charge in [-0.1, -0.05) is 42.5 Å². The molecule has 0 heterocycles. The van der Waals surface area contributed by atoms with Crippen molar-refractivity contribution in [3.63, 3.8) is 0 Å². The summed E-state index contributed by atoms with van der Waals surface area (Å²) in [7, 11) is 0. The Bertz CT molecular complexity index is 999. The average Bonchev–Trinajstić information content (AvgIpc) is 2.76. The second-order valence-electron chi connectivity index (χ2n) is 6.53. The van der Waals surface area contributed by atoms with Crippen LogP contribution >= 0.6 is 0 Å². The van der Waals surface area contributed by atoms with Gasteiger partial charge in [0.15, 0.2) is 0 Å². The normalized spacial score (nSPS) is 11.0. The van der Waals surface area contributed by atoms with Crippen LogP contribution in [0.15, 0.2) is 78.9 Å². The van der Waals surface area contributed by atoms with Crippen molar-refractivity contribution >= 4 is 11.8 Å². The molecule has 0 bridgehead atoms. The van der Waals surface area contributed by atoms with Gasteiger partial charge in [-0.05, 0) is 47.5 Å². The Balaban J connectivity index is 1.46. The zero-order chi connectivity index (χ0) is 21.6. The van der Waals surface area contributed by atoms with Crippen LogP contribution in [0.25, 0.3) is 11.1 Å². The number of alkyl halides is 3. The van der Waals surface area contributed by atoms with E-state index < -0.39 is 17.6 Å². The van der Waals surface area contributed by atoms with E-state index in [0.29, 0.717) is 5.56 Å². The number of nitrogens with one attached hydrogen (secondary N) is 2. The van der Waals surface area contributed by atoms with E-state index in [1.54, 1.807) is 12.1 Å². The number of hydrogen-bond acceptors (Lipinski definition) is 2. The standard InChI is InChI=1S/C23H19F3N2O2/c24-23(25,26)20-12-10-19(11-13-20)22(30)28-15-14-27-21(29)18-8-6-17(7-9-18)16-4-2-1-3-5-16/h1-13H,14-15H2,(H,27,29)(H,28,30). The van der Waals surface area contributed by atoms with Gasteiger partial charge in [-0.15, -0.1) is 0 Å². The van der Waals surface area contributed by atoms with Gasteiger partial charge >= 0.3 is 6.18 Å². The Hall–Kier alpha value is -3.61. The summed E-state index contributed by atoms with van der Waals surface area (Å²) >= 11 is 0. The first-order valence-corrected chi connectivity index (χ1v) is 9.24. The minimum Gasteiger partial charge on any atom is -0.350 e. The maximum Gasteiger partial charge on any atom is 0.416 e. The molecule has 0 saturated carbocycles. The Kier molecular flexibility index (Phi) is 6.51. The summed E-state index contributed by atoms with van der Waals surface area (Å²) in [5, 5.41) is 5.25. The van der Waals surface area contributed by atoms with Crippen molar-refractivity contribution < 1.29 is 22.8 Å². The molecule has 30 heavy (non-hydrogen) atoms. The van der Waals surface area contributed by atoms with Crippen LogP contribution in [0, 0.1) is 0 Å². The fourth-order valence-corrected chi connectivity index (χ4v) is 2.81. The predicted octanol–water partition coefficient (Wildman–Crippen LogP) is 4.53. The van der Waals surface area contributed by atoms with E-state index in [1.165, 1.54) is 0 Å². The molecule has 4 nitrogen and oxygen atoms in total. The Morgan fingerprint density at radius 3 is 1.53 bits per heavy atom. The van der Waals surface area contributed by atoms with Crippen LogP contribution in [0.3, 0.4) is 0 Å². The molecule has 0 radical (unpaired) electrons. The number of amides is 2. The van der Waals surface area contributed by atoms with E-state index >= 15 is 0 Å². The van der Waals surface area contributed by atoms with E-state index in [1.807, 2.05) is 42.5 Å². The molecule has 0 spiro atoms. The molecule has 0 atom stereocenters. The fraction of sp³-hybridized carbons (Fsp3) is 0.130. The van der Waals surface area contributed by atoms with E-state index in [0.717, 1.165) is 35.4 Å². The number of rotatable bonds is 6. The van der Waals surface area contributed by atoms with Crippen molar-refractivity contribution in [2.24, 2.45) is 0 Å². The lowest BCUT2D eigenvalue weighted by Crippen LogP contribution is -2.34. The molecular weight excluding hydrogens is 393 g/mol. The molecule has 3 rings (SSSR count). The highest BCUT2D eigenvalue weighted by Crippen LogP contribution is 2.29. The van der Waals surface area contributed by atoms with E-state index in [4.69, 9.17) is 0 Å². The van der Waals surface area contributed by atoms with Crippen molar-refractivity contribution in [1.29, 1.82) is 0 Å². The van der Waals surface area contributed by atoms with Crippen LogP contribution in [0.2, 0.25) is 0 Å². The zero-order valence-electron chi connectivity index (χ0n) is 15.9. The summed E-state index contributed by atoms with van der Waals surface area (Å²) in [6.45, 7) is 0.333. The topological polar surface area (TPSA) is 58.2 Å². The summed E-state index contributed by atoms with van der Waals surface area (Å²) in [6.07, 6.45) is -4.45. The maximum atomic E-state index is 12.6. The number of carbonyl (C=O) groups excluding carboxylic acids is 2. The van der Waals surface area contributed by atoms with Gasteiger partial charge in [-0.2, -0.15) is 13.2 Å². The Morgan fingerprint density at radius 1 is 0.633 bits per heavy atom. The highest BCUT2D eigenvalue weighted by atomic mass is 19.4. The van der Waals surface area contributed by atoms with Crippen LogP contribution in [-0.4, -0.2) is 24.9 Å². The molecular formula is C23H19F3N2O2. The van der Waals surface area contributed by atoms with Crippen molar-refractivity contribution in [3.05, 3.63) is 95.6 Å². The highest BCUT2D eigenvalue weighted by molar-refractivity contribution is 5.95. The molecule has 2 N–H and O–H groups in total. The van der Waals surface area contributed by atoms with E-state index in [-0.39, 0.29) is 24.6 Å². The van der Waals surface area contributed by atoms with Crippen molar-refractivity contribution in [2.45, 2.75) is 6.18 Å². The molecule has 3 aromatic rings. The number of benzene rings is 3. The summed E-state index contributed by atoms with van der Waals surface area (Å²) in [4.78, 5) is 24.2. The quantitative estimate of drug-likeness (QED) is 0.585. The monoisotopic (exact) mass is 412 g/mol. The summed E-state index contributed by atoms with van der Waals surface area (Å²) in [6, 6.07) is 20.9. The second-order valence-corrected chi connectivity index (χ2v) is 6.53. The van der Waals surface area contributed by atoms with Gasteiger partial charge in [0.1, 0.15) is 0 Å². The Labute approximate surface area is 171 Å². The molecule has 0 unspecified atom stereocenters. The van der Waals surface area contributed by atoms with Crippen LogP contribution in [0.1, 0.15) is 26.3 Å². The minimum atomic E-state index is -4.45. The number of hydrogen-bond donors (Lipinski definition) is 2. The van der Waals surface area contributed by atoms with Crippen molar-refractivity contribution in [3.8, 4) is 11.1 Å². The fourth-order valence-electron chi connectivity index (χ4n) is 2.81. The van der Waals surface area contributed by atoms with Crippen LogP contribution in [-0.2, 0) is 6.18 Å². The van der Waals surface area contributed by atoms with Crippen molar-refractivity contribution in [2.75, 3.05) is 13.1 Å². The summed E-state index contributed by atoms with van der Waals surface area (Å²) in [5.41, 5.74) is 1.84. The van der Waals surface area contributed by atoms with Gasteiger partial charge in [0.2, 0.25) is 0 Å². The van der Waals surface area contributed by atoms with Gasteiger partial charge in [0.25, 0.3) is 11.8 Å². The lowest BCUT2D eigenvalue weighted by molar-refractivity contribution is -0.137. The largest absolute Gasteiger partial charge is 0.416 e. The molecule has 0 aliphatic heterocycles. The zero-order valence-corrected chi connectivity index (χ0v) is 15.9. The predicted molar refractivity (Wildman–Crippen MR) is 108 cm³/mol. The van der Waals surface area contributed by atoms with Crippen LogP contribution < -0.4 is 10.6 Å². The first-order valence-electron chi connectivity index (χ1n) is 9.24. The first kappa shape index (κ1) is 21.1. The number of halogens is 3. The summed E-state index contributed by atoms with van der Waals surface area (Å²) < 4.78 is 37.7. The van der Waals surface area contributed by atoms with Gasteiger partial charge in [-0.25, -0.2) is 0 Å². The van der Waals surface area contributed by atoms with Gasteiger partial charge in [-0.3, -0.25) is 9.59 Å².